The largest absolute Gasteiger partial charge is 0.481 e. The quantitative estimate of drug-likeness (QED) is 0.645. The van der Waals surface area contributed by atoms with Crippen LogP contribution in [0, 0.1) is 0 Å². The monoisotopic (exact) mass is 400 g/mol. The Labute approximate surface area is 147 Å². The maximum absolute atomic E-state index is 11.3. The fourth-order valence-electron chi connectivity index (χ4n) is 2.13. The molecular formula is C16H17BrO7. The van der Waals surface area contributed by atoms with Crippen molar-refractivity contribution < 1.29 is 33.3 Å². The molecule has 1 aromatic heterocycles. The van der Waals surface area contributed by atoms with Crippen LogP contribution in [0.25, 0.3) is 11.3 Å². The van der Waals surface area contributed by atoms with E-state index in [2.05, 4.69) is 15.9 Å². The zero-order valence-corrected chi connectivity index (χ0v) is 14.8. The van der Waals surface area contributed by atoms with E-state index < -0.39 is 5.97 Å². The minimum absolute atomic E-state index is 0.00836. The van der Waals surface area contributed by atoms with Gasteiger partial charge in [0.05, 0.1) is 22.7 Å². The van der Waals surface area contributed by atoms with Crippen molar-refractivity contribution in [1.82, 2.24) is 0 Å². The van der Waals surface area contributed by atoms with Crippen LogP contribution in [0.15, 0.2) is 33.4 Å². The molecule has 0 radical (unpaired) electrons. The third-order valence-corrected chi connectivity index (χ3v) is 3.92. The van der Waals surface area contributed by atoms with Crippen LogP contribution in [0.3, 0.4) is 0 Å². The normalized spacial score (nSPS) is 10.6. The first-order chi connectivity index (χ1) is 11.6. The van der Waals surface area contributed by atoms with Gasteiger partial charge in [-0.2, -0.15) is 0 Å². The fraction of sp³-hybridized carbons (Fsp3) is 0.312. The van der Waals surface area contributed by atoms with E-state index >= 15 is 0 Å². The van der Waals surface area contributed by atoms with Gasteiger partial charge in [0.15, 0.2) is 13.6 Å². The number of benzene rings is 1. The minimum Gasteiger partial charge on any atom is -0.481 e. The van der Waals surface area contributed by atoms with Crippen LogP contribution < -0.4 is 9.47 Å². The first kappa shape index (κ1) is 18.3. The smallest absolute Gasteiger partial charge is 0.307 e. The van der Waals surface area contributed by atoms with Crippen molar-refractivity contribution in [3.05, 3.63) is 34.5 Å². The van der Waals surface area contributed by atoms with Gasteiger partial charge in [-0.3, -0.25) is 4.79 Å². The van der Waals surface area contributed by atoms with Crippen LogP contribution in [-0.4, -0.2) is 38.9 Å². The highest BCUT2D eigenvalue weighted by Crippen LogP contribution is 2.43. The number of rotatable bonds is 9. The maximum atomic E-state index is 11.3. The predicted octanol–water partition coefficient (Wildman–Crippen LogP) is 3.30. The molecule has 0 saturated heterocycles. The van der Waals surface area contributed by atoms with Gasteiger partial charge >= 0.3 is 5.97 Å². The van der Waals surface area contributed by atoms with Gasteiger partial charge in [-0.1, -0.05) is 0 Å². The second-order valence-electron chi connectivity index (χ2n) is 4.69. The molecular weight excluding hydrogens is 384 g/mol. The topological polar surface area (TPSA) is 87.4 Å². The second kappa shape index (κ2) is 8.72. The summed E-state index contributed by atoms with van der Waals surface area (Å²) in [5, 5.41) is 9.26. The Kier molecular flexibility index (Phi) is 6.65. The summed E-state index contributed by atoms with van der Waals surface area (Å²) in [6.45, 7) is 0.000494. The molecule has 1 N–H and O–H groups in total. The molecule has 0 fully saturated rings. The van der Waals surface area contributed by atoms with Crippen molar-refractivity contribution in [3.63, 3.8) is 0 Å². The number of methoxy groups -OCH3 is 2. The standard InChI is InChI=1S/C16H17BrO7/c1-20-8-23-12-7-13(24-9-21-2)16(17)10(6-14(18)19)15(12)11-4-3-5-22-11/h3-5,7H,6,8-9H2,1-2H3,(H,18,19). The highest BCUT2D eigenvalue weighted by Gasteiger charge is 2.23. The maximum Gasteiger partial charge on any atom is 0.307 e. The van der Waals surface area contributed by atoms with Crippen LogP contribution in [-0.2, 0) is 20.7 Å². The summed E-state index contributed by atoms with van der Waals surface area (Å²) in [5.41, 5.74) is 0.994. The van der Waals surface area contributed by atoms with E-state index in [1.165, 1.54) is 20.5 Å². The summed E-state index contributed by atoms with van der Waals surface area (Å²) < 4.78 is 26.9. The Morgan fingerprint density at radius 1 is 1.21 bits per heavy atom. The number of halogens is 1. The van der Waals surface area contributed by atoms with E-state index in [1.54, 1.807) is 18.2 Å². The molecule has 0 unspecified atom stereocenters. The number of ether oxygens (including phenoxy) is 4. The van der Waals surface area contributed by atoms with Gasteiger partial charge in [-0.05, 0) is 33.6 Å². The summed E-state index contributed by atoms with van der Waals surface area (Å²) in [6, 6.07) is 5.07. The van der Waals surface area contributed by atoms with E-state index in [1.807, 2.05) is 0 Å². The van der Waals surface area contributed by atoms with Crippen molar-refractivity contribution >= 4 is 21.9 Å². The van der Waals surface area contributed by atoms with Crippen molar-refractivity contribution in [1.29, 1.82) is 0 Å². The lowest BCUT2D eigenvalue weighted by Crippen LogP contribution is -2.09. The molecule has 0 aliphatic carbocycles. The summed E-state index contributed by atoms with van der Waals surface area (Å²) in [7, 11) is 2.98. The lowest BCUT2D eigenvalue weighted by Gasteiger charge is -2.18. The average molecular weight is 401 g/mol. The fourth-order valence-corrected chi connectivity index (χ4v) is 2.70. The molecule has 1 aromatic carbocycles. The van der Waals surface area contributed by atoms with Crippen LogP contribution in [0.5, 0.6) is 11.5 Å². The number of carboxylic acids is 1. The first-order valence-electron chi connectivity index (χ1n) is 6.93. The molecule has 0 amide bonds. The molecule has 0 saturated carbocycles. The van der Waals surface area contributed by atoms with Gasteiger partial charge < -0.3 is 28.5 Å². The van der Waals surface area contributed by atoms with E-state index in [-0.39, 0.29) is 20.0 Å². The second-order valence-corrected chi connectivity index (χ2v) is 5.48. The average Bonchev–Trinajstić information content (AvgIpc) is 3.07. The number of hydrogen-bond donors (Lipinski definition) is 1. The van der Waals surface area contributed by atoms with Gasteiger partial charge in [0.1, 0.15) is 17.3 Å². The van der Waals surface area contributed by atoms with E-state index in [0.29, 0.717) is 32.9 Å². The number of furan rings is 1. The van der Waals surface area contributed by atoms with E-state index in [9.17, 15) is 9.90 Å². The van der Waals surface area contributed by atoms with Gasteiger partial charge in [-0.25, -0.2) is 0 Å². The molecule has 0 spiro atoms. The molecule has 1 heterocycles. The Morgan fingerprint density at radius 2 is 1.88 bits per heavy atom. The third kappa shape index (κ3) is 4.28. The summed E-state index contributed by atoms with van der Waals surface area (Å²) in [4.78, 5) is 11.3. The van der Waals surface area contributed by atoms with Crippen LogP contribution in [0.2, 0.25) is 0 Å². The molecule has 8 heteroatoms. The SMILES string of the molecule is COCOc1cc(OCOC)c(-c2ccco2)c(CC(=O)O)c1Br. The van der Waals surface area contributed by atoms with Crippen LogP contribution >= 0.6 is 15.9 Å². The Morgan fingerprint density at radius 3 is 2.42 bits per heavy atom. The lowest BCUT2D eigenvalue weighted by molar-refractivity contribution is -0.136. The van der Waals surface area contributed by atoms with Gasteiger partial charge in [0.25, 0.3) is 0 Å². The van der Waals surface area contributed by atoms with Crippen molar-refractivity contribution in [2.24, 2.45) is 0 Å². The van der Waals surface area contributed by atoms with Crippen molar-refractivity contribution in [2.45, 2.75) is 6.42 Å². The van der Waals surface area contributed by atoms with Gasteiger partial charge in [0, 0.05) is 20.3 Å². The molecule has 130 valence electrons. The molecule has 0 bridgehead atoms. The van der Waals surface area contributed by atoms with Crippen LogP contribution in [0.1, 0.15) is 5.56 Å². The Bertz CT molecular complexity index is 682. The Hall–Kier alpha value is -2.03. The number of aliphatic carboxylic acids is 1. The highest BCUT2D eigenvalue weighted by atomic mass is 79.9. The first-order valence-corrected chi connectivity index (χ1v) is 7.72. The summed E-state index contributed by atoms with van der Waals surface area (Å²) >= 11 is 3.41. The van der Waals surface area contributed by atoms with E-state index in [0.717, 1.165) is 0 Å². The molecule has 0 atom stereocenters. The summed E-state index contributed by atoms with van der Waals surface area (Å²) in [5.74, 6) is 0.272. The molecule has 2 rings (SSSR count). The van der Waals surface area contributed by atoms with E-state index in [4.69, 9.17) is 23.4 Å². The Balaban J connectivity index is 2.62. The third-order valence-electron chi connectivity index (χ3n) is 3.05. The number of carbonyl (C=O) groups is 1. The molecule has 0 aliphatic rings. The molecule has 0 aliphatic heterocycles. The van der Waals surface area contributed by atoms with Gasteiger partial charge in [-0.15, -0.1) is 0 Å². The van der Waals surface area contributed by atoms with Crippen molar-refractivity contribution in [3.8, 4) is 22.8 Å². The highest BCUT2D eigenvalue weighted by molar-refractivity contribution is 9.10. The molecule has 2 aromatic rings. The van der Waals surface area contributed by atoms with Crippen LogP contribution in [0.4, 0.5) is 0 Å². The van der Waals surface area contributed by atoms with Gasteiger partial charge in [0.2, 0.25) is 0 Å². The van der Waals surface area contributed by atoms with Crippen molar-refractivity contribution in [2.75, 3.05) is 27.8 Å². The predicted molar refractivity (Wildman–Crippen MR) is 88.2 cm³/mol. The zero-order valence-electron chi connectivity index (χ0n) is 13.2. The summed E-state index contributed by atoms with van der Waals surface area (Å²) in [6.07, 6.45) is 1.26. The zero-order chi connectivity index (χ0) is 17.5. The number of carboxylic acid groups (broad SMARTS) is 1. The minimum atomic E-state index is -0.995. The lowest BCUT2D eigenvalue weighted by atomic mass is 10.0. The molecule has 7 nitrogen and oxygen atoms in total. The number of hydrogen-bond acceptors (Lipinski definition) is 6. The molecule has 24 heavy (non-hydrogen) atoms.